The van der Waals surface area contributed by atoms with E-state index in [1.807, 2.05) is 29.2 Å². The molecule has 1 spiro atoms. The topological polar surface area (TPSA) is 60.8 Å². The van der Waals surface area contributed by atoms with Crippen LogP contribution in [0.15, 0.2) is 53.8 Å². The highest BCUT2D eigenvalue weighted by atomic mass is 19.1. The number of hydrogen-bond donors (Lipinski definition) is 1. The summed E-state index contributed by atoms with van der Waals surface area (Å²) in [5.41, 5.74) is 1.33. The Bertz CT molecular complexity index is 974. The van der Waals surface area contributed by atoms with Crippen molar-refractivity contribution in [3.63, 3.8) is 0 Å². The van der Waals surface area contributed by atoms with E-state index in [2.05, 4.69) is 15.2 Å². The number of benzene rings is 1. The van der Waals surface area contributed by atoms with Crippen molar-refractivity contribution in [1.29, 1.82) is 0 Å². The molecule has 2 saturated heterocycles. The molecule has 0 radical (unpaired) electrons. The lowest BCUT2D eigenvalue weighted by Gasteiger charge is -2.44. The third kappa shape index (κ3) is 4.13. The van der Waals surface area contributed by atoms with Crippen molar-refractivity contribution in [2.24, 2.45) is 4.99 Å². The van der Waals surface area contributed by atoms with Gasteiger partial charge in [-0.2, -0.15) is 0 Å². The average Bonchev–Trinajstić information content (AvgIpc) is 3.06. The van der Waals surface area contributed by atoms with E-state index in [1.165, 1.54) is 31.4 Å². The summed E-state index contributed by atoms with van der Waals surface area (Å²) < 4.78 is 13.4. The van der Waals surface area contributed by atoms with Gasteiger partial charge in [0.15, 0.2) is 0 Å². The van der Waals surface area contributed by atoms with Crippen LogP contribution in [0, 0.1) is 5.82 Å². The first-order valence-electron chi connectivity index (χ1n) is 11.7. The lowest BCUT2D eigenvalue weighted by Crippen LogP contribution is -2.60. The number of amidine groups is 1. The summed E-state index contributed by atoms with van der Waals surface area (Å²) in [6, 6.07) is 10.6. The van der Waals surface area contributed by atoms with E-state index in [1.54, 1.807) is 12.4 Å². The molecule has 1 aromatic heterocycles. The van der Waals surface area contributed by atoms with E-state index < -0.39 is 5.54 Å². The van der Waals surface area contributed by atoms with Crippen LogP contribution in [-0.2, 0) is 6.54 Å². The number of amides is 2. The van der Waals surface area contributed by atoms with E-state index in [-0.39, 0.29) is 17.9 Å². The van der Waals surface area contributed by atoms with Gasteiger partial charge in [0.1, 0.15) is 17.2 Å². The summed E-state index contributed by atoms with van der Waals surface area (Å²) in [4.78, 5) is 26.9. The molecule has 1 atom stereocenters. The summed E-state index contributed by atoms with van der Waals surface area (Å²) in [6.07, 6.45) is 11.1. The maximum absolute atomic E-state index is 13.4. The van der Waals surface area contributed by atoms with Crippen molar-refractivity contribution in [2.75, 3.05) is 18.0 Å². The molecule has 32 heavy (non-hydrogen) atoms. The summed E-state index contributed by atoms with van der Waals surface area (Å²) >= 11 is 0. The molecule has 3 heterocycles. The molecule has 1 N–H and O–H groups in total. The van der Waals surface area contributed by atoms with Gasteiger partial charge in [-0.3, -0.25) is 25.1 Å². The molecule has 5 rings (SSSR count). The Morgan fingerprint density at radius 2 is 1.94 bits per heavy atom. The van der Waals surface area contributed by atoms with Gasteiger partial charge >= 0.3 is 6.03 Å². The molecular weight excluding hydrogens is 405 g/mol. The van der Waals surface area contributed by atoms with E-state index in [0.29, 0.717) is 13.1 Å². The van der Waals surface area contributed by atoms with Crippen LogP contribution in [0.5, 0.6) is 0 Å². The highest BCUT2D eigenvalue weighted by Gasteiger charge is 2.53. The van der Waals surface area contributed by atoms with Gasteiger partial charge in [0.2, 0.25) is 0 Å². The van der Waals surface area contributed by atoms with E-state index in [0.717, 1.165) is 49.3 Å². The Morgan fingerprint density at radius 3 is 2.69 bits per heavy atom. The average molecular weight is 436 g/mol. The molecular formula is C25H30FN5O. The number of aromatic nitrogens is 1. The van der Waals surface area contributed by atoms with Crippen molar-refractivity contribution >= 4 is 17.6 Å². The predicted molar refractivity (Wildman–Crippen MR) is 123 cm³/mol. The largest absolute Gasteiger partial charge is 0.328 e. The number of carbonyl (C=O) groups excluding carboxylic acids is 1. The lowest BCUT2D eigenvalue weighted by atomic mass is 9.86. The number of piperidine rings is 1. The van der Waals surface area contributed by atoms with Gasteiger partial charge in [-0.1, -0.05) is 31.4 Å². The van der Waals surface area contributed by atoms with Gasteiger partial charge in [-0.15, -0.1) is 0 Å². The van der Waals surface area contributed by atoms with Gasteiger partial charge in [0.25, 0.3) is 0 Å². The molecule has 2 amide bonds. The van der Waals surface area contributed by atoms with Gasteiger partial charge < -0.3 is 0 Å². The number of carbonyl (C=O) groups is 1. The minimum absolute atomic E-state index is 0.129. The SMILES string of the molecule is O=C1NC(=NC2CCCCC2)C2(CCCN(Cc3ccc(F)cc3)C2)N1c1cccnc1. The van der Waals surface area contributed by atoms with Gasteiger partial charge in [0, 0.05) is 19.3 Å². The van der Waals surface area contributed by atoms with Crippen LogP contribution in [0.1, 0.15) is 50.5 Å². The fraction of sp³-hybridized carbons (Fsp3) is 0.480. The first-order chi connectivity index (χ1) is 15.6. The fourth-order valence-electron chi connectivity index (χ4n) is 5.45. The van der Waals surface area contributed by atoms with E-state index >= 15 is 0 Å². The highest BCUT2D eigenvalue weighted by molar-refractivity contribution is 6.19. The third-order valence-electron chi connectivity index (χ3n) is 6.96. The normalized spacial score (nSPS) is 26.1. The molecule has 1 saturated carbocycles. The molecule has 3 aliphatic rings. The van der Waals surface area contributed by atoms with Gasteiger partial charge in [-0.05, 0) is 62.1 Å². The second-order valence-electron chi connectivity index (χ2n) is 9.22. The number of urea groups is 1. The van der Waals surface area contributed by atoms with Gasteiger partial charge in [-0.25, -0.2) is 9.18 Å². The van der Waals surface area contributed by atoms with Crippen LogP contribution in [0.4, 0.5) is 14.9 Å². The molecule has 1 unspecified atom stereocenters. The van der Waals surface area contributed by atoms with Crippen LogP contribution in [-0.4, -0.2) is 46.4 Å². The van der Waals surface area contributed by atoms with Crippen LogP contribution < -0.4 is 10.2 Å². The molecule has 2 aromatic rings. The number of nitrogens with one attached hydrogen (secondary N) is 1. The number of hydrogen-bond acceptors (Lipinski definition) is 4. The fourth-order valence-corrected chi connectivity index (χ4v) is 5.45. The van der Waals surface area contributed by atoms with Gasteiger partial charge in [0.05, 0.1) is 17.9 Å². The molecule has 7 heteroatoms. The number of pyridine rings is 1. The van der Waals surface area contributed by atoms with E-state index in [9.17, 15) is 9.18 Å². The van der Waals surface area contributed by atoms with Crippen LogP contribution in [0.2, 0.25) is 0 Å². The van der Waals surface area contributed by atoms with Crippen LogP contribution >= 0.6 is 0 Å². The standard InChI is InChI=1S/C25H30FN5O/c26-20-11-9-19(10-12-20)17-30-15-5-13-25(18-30)23(28-21-6-2-1-3-7-21)29-24(32)31(25)22-8-4-14-27-16-22/h4,8-12,14,16,21H,1-3,5-7,13,15,17-18H2,(H,28,29,32). The summed E-state index contributed by atoms with van der Waals surface area (Å²) in [5.74, 6) is 0.584. The number of anilines is 1. The molecule has 3 fully saturated rings. The Morgan fingerprint density at radius 1 is 1.12 bits per heavy atom. The zero-order valence-corrected chi connectivity index (χ0v) is 18.3. The smallest absolute Gasteiger partial charge is 0.296 e. The van der Waals surface area contributed by atoms with Crippen molar-refractivity contribution < 1.29 is 9.18 Å². The monoisotopic (exact) mass is 435 g/mol. The Labute approximate surface area is 188 Å². The minimum atomic E-state index is -0.532. The number of likely N-dealkylation sites (tertiary alicyclic amines) is 1. The van der Waals surface area contributed by atoms with Crippen molar-refractivity contribution in [1.82, 2.24) is 15.2 Å². The second-order valence-corrected chi connectivity index (χ2v) is 9.22. The zero-order valence-electron chi connectivity index (χ0n) is 18.3. The molecule has 1 aromatic carbocycles. The molecule has 1 aliphatic carbocycles. The number of aliphatic imine (C=N–C) groups is 1. The summed E-state index contributed by atoms with van der Waals surface area (Å²) in [7, 11) is 0. The summed E-state index contributed by atoms with van der Waals surface area (Å²) in [5, 5.41) is 3.14. The minimum Gasteiger partial charge on any atom is -0.296 e. The maximum atomic E-state index is 13.4. The predicted octanol–water partition coefficient (Wildman–Crippen LogP) is 4.52. The second kappa shape index (κ2) is 8.98. The van der Waals surface area contributed by atoms with Crippen molar-refractivity contribution in [2.45, 2.75) is 63.1 Å². The molecule has 168 valence electrons. The molecule has 6 nitrogen and oxygen atoms in total. The maximum Gasteiger partial charge on any atom is 0.328 e. The van der Waals surface area contributed by atoms with Crippen molar-refractivity contribution in [3.05, 3.63) is 60.2 Å². The van der Waals surface area contributed by atoms with Crippen molar-refractivity contribution in [3.8, 4) is 0 Å². The lowest BCUT2D eigenvalue weighted by molar-refractivity contribution is 0.176. The van der Waals surface area contributed by atoms with Crippen LogP contribution in [0.3, 0.4) is 0 Å². The zero-order chi connectivity index (χ0) is 22.0. The molecule has 0 bridgehead atoms. The first-order valence-corrected chi connectivity index (χ1v) is 11.7. The Kier molecular flexibility index (Phi) is 5.91. The van der Waals surface area contributed by atoms with Crippen LogP contribution in [0.25, 0.3) is 0 Å². The first kappa shape index (κ1) is 21.1. The number of rotatable bonds is 4. The quantitative estimate of drug-likeness (QED) is 0.768. The number of nitrogens with zero attached hydrogens (tertiary/aromatic N) is 4. The number of halogens is 1. The Hall–Kier alpha value is -2.80. The Balaban J connectivity index is 1.49. The van der Waals surface area contributed by atoms with E-state index in [4.69, 9.17) is 4.99 Å². The highest BCUT2D eigenvalue weighted by Crippen LogP contribution is 2.37. The summed E-state index contributed by atoms with van der Waals surface area (Å²) in [6.45, 7) is 2.34. The third-order valence-corrected chi connectivity index (χ3v) is 6.96. The molecule has 2 aliphatic heterocycles.